The molecule has 2 aromatic heterocycles. The molecule has 0 aromatic carbocycles. The second kappa shape index (κ2) is 6.52. The normalized spacial score (nSPS) is 17.2. The maximum Gasteiger partial charge on any atom is 0.471 e. The highest BCUT2D eigenvalue weighted by molar-refractivity contribution is 7.94. The summed E-state index contributed by atoms with van der Waals surface area (Å²) in [5.74, 6) is -2.22. The molecule has 1 fully saturated rings. The molecule has 0 aliphatic carbocycles. The number of hydrogen-bond donors (Lipinski definition) is 0. The van der Waals surface area contributed by atoms with E-state index in [1.807, 2.05) is 0 Å². The maximum atomic E-state index is 12.4. The molecule has 1 amide bonds. The minimum atomic E-state index is -4.75. The minimum absolute atomic E-state index is 0.00829. The summed E-state index contributed by atoms with van der Waals surface area (Å²) in [6.45, 7) is 0.540. The highest BCUT2D eigenvalue weighted by atomic mass is 32.2. The van der Waals surface area contributed by atoms with Gasteiger partial charge in [-0.05, 0) is 12.1 Å². The molecule has 0 saturated carbocycles. The highest BCUT2D eigenvalue weighted by Gasteiger charge is 2.38. The third-order valence-electron chi connectivity index (χ3n) is 3.25. The topological polar surface area (TPSA) is 108 Å². The van der Waals surface area contributed by atoms with Crippen LogP contribution in [0.2, 0.25) is 0 Å². The summed E-state index contributed by atoms with van der Waals surface area (Å²) in [5, 5.41) is 3.20. The van der Waals surface area contributed by atoms with Crippen LogP contribution < -0.4 is 0 Å². The lowest BCUT2D eigenvalue weighted by atomic mass is 10.2. The molecule has 1 aliphatic rings. The number of nitrogens with zero attached hydrogens (tertiary/aromatic N) is 4. The summed E-state index contributed by atoms with van der Waals surface area (Å²) in [6, 6.07) is 2.55. The van der Waals surface area contributed by atoms with Crippen molar-refractivity contribution >= 4 is 15.6 Å². The lowest BCUT2D eigenvalue weighted by molar-refractivity contribution is -0.159. The summed E-state index contributed by atoms with van der Waals surface area (Å²) in [5.41, 5.74) is 0.0450. The largest absolute Gasteiger partial charge is 0.471 e. The average Bonchev–Trinajstić information content (AvgIpc) is 3.05. The Hall–Kier alpha value is -2.34. The number of rotatable bonds is 2. The summed E-state index contributed by atoms with van der Waals surface area (Å²) >= 11 is 0. The number of amides is 1. The van der Waals surface area contributed by atoms with E-state index in [-0.39, 0.29) is 41.8 Å². The second-order valence-corrected chi connectivity index (χ2v) is 7.59. The van der Waals surface area contributed by atoms with Gasteiger partial charge in [-0.15, -0.1) is 0 Å². The fourth-order valence-electron chi connectivity index (χ4n) is 1.97. The molecular formula is C13H11F3N4O4S. The molecule has 12 heteroatoms. The van der Waals surface area contributed by atoms with Crippen LogP contribution in [0.3, 0.4) is 0 Å². The van der Waals surface area contributed by atoms with Crippen LogP contribution in [0.15, 0.2) is 27.2 Å². The Balaban J connectivity index is 1.80. The number of aromatic nitrogens is 3. The van der Waals surface area contributed by atoms with Gasteiger partial charge in [0, 0.05) is 6.20 Å². The molecule has 25 heavy (non-hydrogen) atoms. The van der Waals surface area contributed by atoms with Gasteiger partial charge in [-0.3, -0.25) is 9.78 Å². The molecule has 0 unspecified atom stereocenters. The number of pyridine rings is 1. The first-order chi connectivity index (χ1) is 11.8. The van der Waals surface area contributed by atoms with Crippen LogP contribution in [0.1, 0.15) is 16.2 Å². The summed E-state index contributed by atoms with van der Waals surface area (Å²) in [7, 11) is -2.65. The van der Waals surface area contributed by atoms with Gasteiger partial charge in [0.15, 0.2) is 0 Å². The van der Waals surface area contributed by atoms with E-state index >= 15 is 0 Å². The summed E-state index contributed by atoms with van der Waals surface area (Å²) in [4.78, 5) is 19.1. The number of ether oxygens (including phenoxy) is 1. The molecule has 2 aromatic rings. The molecule has 0 atom stereocenters. The zero-order valence-corrected chi connectivity index (χ0v) is 13.3. The van der Waals surface area contributed by atoms with E-state index in [1.165, 1.54) is 12.1 Å². The molecule has 1 saturated heterocycles. The number of halogens is 3. The van der Waals surface area contributed by atoms with Crippen molar-refractivity contribution in [2.45, 2.75) is 6.18 Å². The summed E-state index contributed by atoms with van der Waals surface area (Å²) in [6.07, 6.45) is -3.65. The van der Waals surface area contributed by atoms with Crippen molar-refractivity contribution < 1.29 is 31.4 Å². The van der Waals surface area contributed by atoms with Gasteiger partial charge < -0.3 is 9.26 Å². The fraction of sp³-hybridized carbons (Fsp3) is 0.385. The number of alkyl halides is 3. The van der Waals surface area contributed by atoms with E-state index in [1.54, 1.807) is 0 Å². The van der Waals surface area contributed by atoms with Crippen molar-refractivity contribution in [2.75, 3.05) is 24.7 Å². The van der Waals surface area contributed by atoms with Gasteiger partial charge in [0.1, 0.15) is 5.69 Å². The zero-order chi connectivity index (χ0) is 18.1. The van der Waals surface area contributed by atoms with Gasteiger partial charge in [0.2, 0.25) is 5.82 Å². The van der Waals surface area contributed by atoms with E-state index in [9.17, 15) is 22.2 Å². The Labute approximate surface area is 139 Å². The molecular weight excluding hydrogens is 365 g/mol. The van der Waals surface area contributed by atoms with E-state index in [4.69, 9.17) is 4.74 Å². The van der Waals surface area contributed by atoms with Crippen LogP contribution in [0.5, 0.6) is 0 Å². The van der Waals surface area contributed by atoms with E-state index in [0.717, 1.165) is 6.20 Å². The zero-order valence-electron chi connectivity index (χ0n) is 12.5. The first kappa shape index (κ1) is 17.5. The number of hydrogen-bond acceptors (Lipinski definition) is 7. The Kier molecular flexibility index (Phi) is 4.56. The van der Waals surface area contributed by atoms with Crippen LogP contribution >= 0.6 is 0 Å². The first-order valence-corrected chi connectivity index (χ1v) is 8.84. The number of carbonyl (C=O) groups is 1. The van der Waals surface area contributed by atoms with E-state index in [0.29, 0.717) is 0 Å². The monoisotopic (exact) mass is 376 g/mol. The van der Waals surface area contributed by atoms with Crippen molar-refractivity contribution in [3.63, 3.8) is 0 Å². The van der Waals surface area contributed by atoms with Crippen LogP contribution in [0, 0.1) is 0 Å². The van der Waals surface area contributed by atoms with Crippen molar-refractivity contribution in [3.05, 3.63) is 29.8 Å². The van der Waals surface area contributed by atoms with Crippen LogP contribution in [0.25, 0.3) is 11.5 Å². The third-order valence-corrected chi connectivity index (χ3v) is 5.36. The van der Waals surface area contributed by atoms with Crippen LogP contribution in [-0.4, -0.2) is 50.0 Å². The van der Waals surface area contributed by atoms with Crippen molar-refractivity contribution in [3.8, 4) is 11.5 Å². The smallest absolute Gasteiger partial charge is 0.379 e. The molecule has 0 bridgehead atoms. The Morgan fingerprint density at radius 1 is 1.24 bits per heavy atom. The average molecular weight is 376 g/mol. The standard InChI is InChI=1S/C13H11F3N4O4S/c14-13(15,16)12-18-10(19-24-12)9-2-1-8(7-17-9)11(21)20-25(22)5-3-23-4-6-25/h1-2,7H,3-6H2. The van der Waals surface area contributed by atoms with Crippen LogP contribution in [-0.2, 0) is 20.6 Å². The minimum Gasteiger partial charge on any atom is -0.379 e. The fourth-order valence-corrected chi connectivity index (χ4v) is 3.52. The highest BCUT2D eigenvalue weighted by Crippen LogP contribution is 2.28. The predicted octanol–water partition coefficient (Wildman–Crippen LogP) is 1.79. The number of carbonyl (C=O) groups excluding carboxylic acids is 1. The Morgan fingerprint density at radius 3 is 2.52 bits per heavy atom. The van der Waals surface area contributed by atoms with Crippen molar-refractivity contribution in [1.29, 1.82) is 0 Å². The summed E-state index contributed by atoms with van der Waals surface area (Å²) < 4.78 is 62.6. The molecule has 1 aliphatic heterocycles. The molecule has 0 N–H and O–H groups in total. The predicted molar refractivity (Wildman–Crippen MR) is 78.0 cm³/mol. The van der Waals surface area contributed by atoms with E-state index in [2.05, 4.69) is 24.0 Å². The van der Waals surface area contributed by atoms with Gasteiger partial charge in [-0.25, -0.2) is 4.21 Å². The van der Waals surface area contributed by atoms with Crippen molar-refractivity contribution in [2.24, 2.45) is 4.36 Å². The van der Waals surface area contributed by atoms with Gasteiger partial charge >= 0.3 is 12.1 Å². The Morgan fingerprint density at radius 2 is 1.96 bits per heavy atom. The first-order valence-electron chi connectivity index (χ1n) is 6.99. The molecule has 134 valence electrons. The van der Waals surface area contributed by atoms with E-state index < -0.39 is 27.7 Å². The Bertz CT molecular complexity index is 889. The van der Waals surface area contributed by atoms with Crippen LogP contribution in [0.4, 0.5) is 13.2 Å². The lowest BCUT2D eigenvalue weighted by Crippen LogP contribution is -2.26. The molecule has 0 spiro atoms. The van der Waals surface area contributed by atoms with Crippen molar-refractivity contribution in [1.82, 2.24) is 15.1 Å². The molecule has 3 heterocycles. The maximum absolute atomic E-state index is 12.4. The SMILES string of the molecule is O=C(N=S1(=O)CCOCC1)c1ccc(-c2noc(C(F)(F)F)n2)nc1. The molecule has 3 rings (SSSR count). The molecule has 8 nitrogen and oxygen atoms in total. The third kappa shape index (κ3) is 4.02. The molecule has 0 radical (unpaired) electrons. The second-order valence-electron chi connectivity index (χ2n) is 5.04. The van der Waals surface area contributed by atoms with Gasteiger partial charge in [-0.1, -0.05) is 5.16 Å². The van der Waals surface area contributed by atoms with Gasteiger partial charge in [0.05, 0.1) is 40.0 Å². The lowest BCUT2D eigenvalue weighted by Gasteiger charge is -2.15. The quantitative estimate of drug-likeness (QED) is 0.786. The van der Waals surface area contributed by atoms with Gasteiger partial charge in [-0.2, -0.15) is 22.5 Å². The van der Waals surface area contributed by atoms with Gasteiger partial charge in [0.25, 0.3) is 5.91 Å².